The first kappa shape index (κ1) is 13.3. The largest absolute Gasteiger partial charge is 0.465 e. The molecule has 0 aliphatic heterocycles. The van der Waals surface area contributed by atoms with Gasteiger partial charge in [0.1, 0.15) is 0 Å². The first-order valence-corrected chi connectivity index (χ1v) is 6.25. The predicted molar refractivity (Wildman–Crippen MR) is 72.4 cm³/mol. The van der Waals surface area contributed by atoms with Crippen LogP contribution in [0.2, 0.25) is 0 Å². The van der Waals surface area contributed by atoms with Gasteiger partial charge in [-0.15, -0.1) is 0 Å². The number of aromatic amines is 1. The van der Waals surface area contributed by atoms with Gasteiger partial charge in [0, 0.05) is 12.1 Å². The Morgan fingerprint density at radius 3 is 2.89 bits per heavy atom. The third-order valence-electron chi connectivity index (χ3n) is 2.67. The van der Waals surface area contributed by atoms with Crippen LogP contribution in [0, 0.1) is 0 Å². The van der Waals surface area contributed by atoms with Gasteiger partial charge in [0.15, 0.2) is 0 Å². The number of nitrogens with one attached hydrogen (secondary N) is 2. The molecule has 0 bridgehead atoms. The molecule has 0 radical (unpaired) electrons. The molecule has 100 valence electrons. The van der Waals surface area contributed by atoms with Crippen molar-refractivity contribution < 1.29 is 9.53 Å². The topological polar surface area (TPSA) is 67.0 Å². The van der Waals surface area contributed by atoms with Crippen molar-refractivity contribution in [2.24, 2.45) is 0 Å². The maximum Gasteiger partial charge on any atom is 0.319 e. The monoisotopic (exact) mass is 259 g/mol. The highest BCUT2D eigenvalue weighted by molar-refractivity contribution is 5.71. The van der Waals surface area contributed by atoms with Crippen LogP contribution in [0.5, 0.6) is 0 Å². The van der Waals surface area contributed by atoms with E-state index in [1.54, 1.807) is 13.1 Å². The number of carbonyl (C=O) groups is 1. The molecule has 1 aromatic carbocycles. The molecule has 5 nitrogen and oxygen atoms in total. The number of carbonyl (C=O) groups excluding carboxylic acids is 1. The van der Waals surface area contributed by atoms with Crippen molar-refractivity contribution in [1.29, 1.82) is 0 Å². The normalized spacial score (nSPS) is 10.4. The highest BCUT2D eigenvalue weighted by atomic mass is 16.5. The second-order valence-electron chi connectivity index (χ2n) is 4.04. The van der Waals surface area contributed by atoms with E-state index in [1.807, 2.05) is 30.3 Å². The maximum atomic E-state index is 11.2. The standard InChI is InChI=1S/C14H17N3O2/c1-2-19-13(18)10-15-8-12-9-16-17-14(12)11-6-4-3-5-7-11/h3-7,9,15H,2,8,10H2,1H3,(H,16,17). The number of rotatable bonds is 6. The summed E-state index contributed by atoms with van der Waals surface area (Å²) in [4.78, 5) is 11.2. The summed E-state index contributed by atoms with van der Waals surface area (Å²) >= 11 is 0. The molecule has 19 heavy (non-hydrogen) atoms. The molecule has 0 fully saturated rings. The number of esters is 1. The van der Waals surface area contributed by atoms with Gasteiger partial charge >= 0.3 is 5.97 Å². The summed E-state index contributed by atoms with van der Waals surface area (Å²) in [7, 11) is 0. The molecule has 2 rings (SSSR count). The van der Waals surface area contributed by atoms with Crippen LogP contribution in [-0.2, 0) is 16.1 Å². The SMILES string of the molecule is CCOC(=O)CNCc1cn[nH]c1-c1ccccc1. The molecule has 1 heterocycles. The first-order valence-electron chi connectivity index (χ1n) is 6.25. The molecule has 0 unspecified atom stereocenters. The Bertz CT molecular complexity index is 522. The minimum absolute atomic E-state index is 0.202. The van der Waals surface area contributed by atoms with Crippen molar-refractivity contribution in [2.75, 3.05) is 13.2 Å². The molecule has 2 N–H and O–H groups in total. The zero-order valence-electron chi connectivity index (χ0n) is 10.8. The van der Waals surface area contributed by atoms with Gasteiger partial charge in [-0.25, -0.2) is 0 Å². The van der Waals surface area contributed by atoms with E-state index >= 15 is 0 Å². The van der Waals surface area contributed by atoms with Gasteiger partial charge in [-0.2, -0.15) is 5.10 Å². The fraction of sp³-hybridized carbons (Fsp3) is 0.286. The van der Waals surface area contributed by atoms with E-state index in [1.165, 1.54) is 0 Å². The molecule has 0 spiro atoms. The van der Waals surface area contributed by atoms with Crippen molar-refractivity contribution in [3.63, 3.8) is 0 Å². The molecule has 0 aliphatic carbocycles. The van der Waals surface area contributed by atoms with E-state index in [4.69, 9.17) is 4.74 Å². The lowest BCUT2D eigenvalue weighted by molar-refractivity contribution is -0.142. The molecule has 0 aliphatic rings. The Balaban J connectivity index is 1.95. The minimum atomic E-state index is -0.243. The summed E-state index contributed by atoms with van der Waals surface area (Å²) in [5, 5.41) is 10.1. The average molecular weight is 259 g/mol. The van der Waals surface area contributed by atoms with Crippen LogP contribution in [0.25, 0.3) is 11.3 Å². The van der Waals surface area contributed by atoms with Gasteiger partial charge in [-0.1, -0.05) is 30.3 Å². The Kier molecular flexibility index (Phi) is 4.69. The van der Waals surface area contributed by atoms with Gasteiger partial charge < -0.3 is 10.1 Å². The number of hydrogen-bond donors (Lipinski definition) is 2. The van der Waals surface area contributed by atoms with Crippen molar-refractivity contribution >= 4 is 5.97 Å². The summed E-state index contributed by atoms with van der Waals surface area (Å²) in [5.41, 5.74) is 3.07. The summed E-state index contributed by atoms with van der Waals surface area (Å²) < 4.78 is 4.85. The van der Waals surface area contributed by atoms with Crippen LogP contribution < -0.4 is 5.32 Å². The molecule has 1 aromatic heterocycles. The molecular formula is C14H17N3O2. The van der Waals surface area contributed by atoms with Crippen LogP contribution in [0.4, 0.5) is 0 Å². The molecule has 5 heteroatoms. The Morgan fingerprint density at radius 2 is 2.16 bits per heavy atom. The van der Waals surface area contributed by atoms with Gasteiger partial charge in [-0.3, -0.25) is 9.89 Å². The van der Waals surface area contributed by atoms with Crippen LogP contribution in [0.1, 0.15) is 12.5 Å². The van der Waals surface area contributed by atoms with Crippen molar-refractivity contribution in [3.05, 3.63) is 42.1 Å². The molecule has 0 saturated carbocycles. The van der Waals surface area contributed by atoms with Gasteiger partial charge in [-0.05, 0) is 12.5 Å². The predicted octanol–water partition coefficient (Wildman–Crippen LogP) is 1.73. The van der Waals surface area contributed by atoms with Crippen LogP contribution in [0.15, 0.2) is 36.5 Å². The quantitative estimate of drug-likeness (QED) is 0.775. The molecular weight excluding hydrogens is 242 g/mol. The lowest BCUT2D eigenvalue weighted by Gasteiger charge is -2.05. The smallest absolute Gasteiger partial charge is 0.319 e. The minimum Gasteiger partial charge on any atom is -0.465 e. The van der Waals surface area contributed by atoms with E-state index in [0.29, 0.717) is 13.2 Å². The fourth-order valence-electron chi connectivity index (χ4n) is 1.81. The van der Waals surface area contributed by atoms with Gasteiger partial charge in [0.25, 0.3) is 0 Å². The Hall–Kier alpha value is -2.14. The highest BCUT2D eigenvalue weighted by Gasteiger charge is 2.08. The van der Waals surface area contributed by atoms with Crippen molar-refractivity contribution in [2.45, 2.75) is 13.5 Å². The van der Waals surface area contributed by atoms with Gasteiger partial charge in [0.05, 0.1) is 25.0 Å². The van der Waals surface area contributed by atoms with E-state index in [-0.39, 0.29) is 12.5 Å². The summed E-state index contributed by atoms with van der Waals surface area (Å²) in [5.74, 6) is -0.243. The number of nitrogens with zero attached hydrogens (tertiary/aromatic N) is 1. The van der Waals surface area contributed by atoms with Crippen molar-refractivity contribution in [1.82, 2.24) is 15.5 Å². The van der Waals surface area contributed by atoms with Crippen LogP contribution in [-0.4, -0.2) is 29.3 Å². The lowest BCUT2D eigenvalue weighted by Crippen LogP contribution is -2.24. The lowest BCUT2D eigenvalue weighted by atomic mass is 10.1. The van der Waals surface area contributed by atoms with Gasteiger partial charge in [0.2, 0.25) is 0 Å². The average Bonchev–Trinajstić information content (AvgIpc) is 2.88. The number of aromatic nitrogens is 2. The Labute approximate surface area is 112 Å². The number of ether oxygens (including phenoxy) is 1. The van der Waals surface area contributed by atoms with Crippen molar-refractivity contribution in [3.8, 4) is 11.3 Å². The summed E-state index contributed by atoms with van der Waals surface area (Å²) in [6.07, 6.45) is 1.76. The highest BCUT2D eigenvalue weighted by Crippen LogP contribution is 2.20. The second kappa shape index (κ2) is 6.70. The number of H-pyrrole nitrogens is 1. The molecule has 0 saturated heterocycles. The number of hydrogen-bond acceptors (Lipinski definition) is 4. The summed E-state index contributed by atoms with van der Waals surface area (Å²) in [6.45, 7) is 2.97. The molecule has 0 atom stereocenters. The zero-order valence-corrected chi connectivity index (χ0v) is 10.8. The zero-order chi connectivity index (χ0) is 13.5. The van der Waals surface area contributed by atoms with E-state index in [2.05, 4.69) is 15.5 Å². The molecule has 2 aromatic rings. The Morgan fingerprint density at radius 1 is 1.37 bits per heavy atom. The fourth-order valence-corrected chi connectivity index (χ4v) is 1.81. The third kappa shape index (κ3) is 3.66. The van der Waals surface area contributed by atoms with E-state index in [9.17, 15) is 4.79 Å². The number of benzene rings is 1. The maximum absolute atomic E-state index is 11.2. The van der Waals surface area contributed by atoms with Crippen LogP contribution >= 0.6 is 0 Å². The summed E-state index contributed by atoms with van der Waals surface area (Å²) in [6, 6.07) is 9.96. The molecule has 0 amide bonds. The van der Waals surface area contributed by atoms with E-state index in [0.717, 1.165) is 16.8 Å². The first-order chi connectivity index (χ1) is 9.31. The second-order valence-corrected chi connectivity index (χ2v) is 4.04. The third-order valence-corrected chi connectivity index (χ3v) is 2.67. The van der Waals surface area contributed by atoms with E-state index < -0.39 is 0 Å². The van der Waals surface area contributed by atoms with Crippen LogP contribution in [0.3, 0.4) is 0 Å².